The molecule has 0 aromatic heterocycles. The van der Waals surface area contributed by atoms with Gasteiger partial charge in [-0.05, 0) is 19.8 Å². The van der Waals surface area contributed by atoms with Gasteiger partial charge in [-0.1, -0.05) is 0 Å². The first-order valence-corrected chi connectivity index (χ1v) is 5.43. The van der Waals surface area contributed by atoms with Gasteiger partial charge in [-0.15, -0.1) is 0 Å². The number of likely N-dealkylation sites (tertiary alicyclic amines) is 1. The first-order valence-electron chi connectivity index (χ1n) is 5.43. The van der Waals surface area contributed by atoms with E-state index in [0.717, 1.165) is 39.0 Å². The highest BCUT2D eigenvalue weighted by atomic mass is 16.5. The Morgan fingerprint density at radius 2 is 1.93 bits per heavy atom. The molecule has 4 nitrogen and oxygen atoms in total. The van der Waals surface area contributed by atoms with Crippen molar-refractivity contribution in [3.05, 3.63) is 0 Å². The SMILES string of the molecule is CC1CN(C(=O)N2CCCC2)CCO1. The molecule has 0 aromatic rings. The number of carbonyl (C=O) groups is 1. The Bertz CT molecular complexity index is 214. The number of nitrogens with zero attached hydrogens (tertiary/aromatic N) is 2. The third kappa shape index (κ3) is 2.00. The molecule has 2 aliphatic heterocycles. The molecule has 1 unspecified atom stereocenters. The van der Waals surface area contributed by atoms with Crippen LogP contribution < -0.4 is 0 Å². The zero-order valence-electron chi connectivity index (χ0n) is 8.74. The van der Waals surface area contributed by atoms with Crippen molar-refractivity contribution in [1.29, 1.82) is 0 Å². The van der Waals surface area contributed by atoms with E-state index in [0.29, 0.717) is 6.61 Å². The molecule has 2 rings (SSSR count). The van der Waals surface area contributed by atoms with Crippen molar-refractivity contribution >= 4 is 6.03 Å². The lowest BCUT2D eigenvalue weighted by Crippen LogP contribution is -2.49. The largest absolute Gasteiger partial charge is 0.375 e. The zero-order chi connectivity index (χ0) is 9.97. The van der Waals surface area contributed by atoms with E-state index in [2.05, 4.69) is 0 Å². The van der Waals surface area contributed by atoms with Crippen LogP contribution in [0.3, 0.4) is 0 Å². The first-order chi connectivity index (χ1) is 6.77. The average Bonchev–Trinajstić information content (AvgIpc) is 2.69. The number of carbonyl (C=O) groups excluding carboxylic acids is 1. The van der Waals surface area contributed by atoms with Gasteiger partial charge in [0.2, 0.25) is 0 Å². The van der Waals surface area contributed by atoms with Gasteiger partial charge in [-0.3, -0.25) is 0 Å². The van der Waals surface area contributed by atoms with E-state index in [9.17, 15) is 4.79 Å². The molecule has 0 radical (unpaired) electrons. The molecule has 0 spiro atoms. The number of ether oxygens (including phenoxy) is 1. The number of hydrogen-bond donors (Lipinski definition) is 0. The molecule has 1 atom stereocenters. The van der Waals surface area contributed by atoms with E-state index in [1.807, 2.05) is 16.7 Å². The van der Waals surface area contributed by atoms with Crippen LogP contribution in [0.25, 0.3) is 0 Å². The lowest BCUT2D eigenvalue weighted by Gasteiger charge is -2.33. The van der Waals surface area contributed by atoms with Crippen molar-refractivity contribution in [3.8, 4) is 0 Å². The van der Waals surface area contributed by atoms with Crippen LogP contribution in [-0.2, 0) is 4.74 Å². The molecule has 0 bridgehead atoms. The Hall–Kier alpha value is -0.770. The predicted octanol–water partition coefficient (Wildman–Crippen LogP) is 0.923. The van der Waals surface area contributed by atoms with Crippen molar-refractivity contribution in [1.82, 2.24) is 9.80 Å². The van der Waals surface area contributed by atoms with Crippen LogP contribution in [0.15, 0.2) is 0 Å². The van der Waals surface area contributed by atoms with Gasteiger partial charge in [-0.2, -0.15) is 0 Å². The smallest absolute Gasteiger partial charge is 0.320 e. The number of urea groups is 1. The van der Waals surface area contributed by atoms with Crippen LogP contribution in [0.5, 0.6) is 0 Å². The molecule has 0 aliphatic carbocycles. The summed E-state index contributed by atoms with van der Waals surface area (Å²) in [7, 11) is 0. The standard InChI is InChI=1S/C10H18N2O2/c1-9-8-12(6-7-14-9)10(13)11-4-2-3-5-11/h9H,2-8H2,1H3. The third-order valence-corrected chi connectivity index (χ3v) is 2.89. The van der Waals surface area contributed by atoms with Crippen molar-refractivity contribution in [2.75, 3.05) is 32.8 Å². The van der Waals surface area contributed by atoms with Gasteiger partial charge in [-0.25, -0.2) is 4.79 Å². The Morgan fingerprint density at radius 1 is 1.21 bits per heavy atom. The minimum Gasteiger partial charge on any atom is -0.375 e. The van der Waals surface area contributed by atoms with Gasteiger partial charge in [0.05, 0.1) is 12.7 Å². The summed E-state index contributed by atoms with van der Waals surface area (Å²) in [6.45, 7) is 6.06. The maximum absolute atomic E-state index is 11.9. The van der Waals surface area contributed by atoms with Gasteiger partial charge in [0.15, 0.2) is 0 Å². The van der Waals surface area contributed by atoms with Gasteiger partial charge >= 0.3 is 6.03 Å². The second kappa shape index (κ2) is 4.17. The molecule has 4 heteroatoms. The highest BCUT2D eigenvalue weighted by Gasteiger charge is 2.26. The molecule has 2 amide bonds. The summed E-state index contributed by atoms with van der Waals surface area (Å²) in [6, 6.07) is 0.206. The van der Waals surface area contributed by atoms with E-state index >= 15 is 0 Å². The van der Waals surface area contributed by atoms with E-state index < -0.39 is 0 Å². The van der Waals surface area contributed by atoms with Crippen molar-refractivity contribution in [2.24, 2.45) is 0 Å². The Kier molecular flexibility index (Phi) is 2.91. The maximum Gasteiger partial charge on any atom is 0.320 e. The second-order valence-electron chi connectivity index (χ2n) is 4.10. The summed E-state index contributed by atoms with van der Waals surface area (Å²) in [5, 5.41) is 0. The van der Waals surface area contributed by atoms with Crippen LogP contribution in [0.4, 0.5) is 4.79 Å². The lowest BCUT2D eigenvalue weighted by molar-refractivity contribution is -0.00820. The minimum atomic E-state index is 0.190. The van der Waals surface area contributed by atoms with Crippen LogP contribution in [0, 0.1) is 0 Å². The number of rotatable bonds is 0. The maximum atomic E-state index is 11.9. The summed E-state index contributed by atoms with van der Waals surface area (Å²) < 4.78 is 5.41. The molecule has 0 saturated carbocycles. The minimum absolute atomic E-state index is 0.190. The van der Waals surface area contributed by atoms with E-state index in [4.69, 9.17) is 4.74 Å². The summed E-state index contributed by atoms with van der Waals surface area (Å²) in [5.41, 5.74) is 0. The van der Waals surface area contributed by atoms with E-state index in [-0.39, 0.29) is 12.1 Å². The quantitative estimate of drug-likeness (QED) is 0.580. The molecular weight excluding hydrogens is 180 g/mol. The summed E-state index contributed by atoms with van der Waals surface area (Å²) in [4.78, 5) is 15.8. The summed E-state index contributed by atoms with van der Waals surface area (Å²) in [5.74, 6) is 0. The van der Waals surface area contributed by atoms with E-state index in [1.165, 1.54) is 0 Å². The van der Waals surface area contributed by atoms with E-state index in [1.54, 1.807) is 0 Å². The normalized spacial score (nSPS) is 28.2. The summed E-state index contributed by atoms with van der Waals surface area (Å²) in [6.07, 6.45) is 2.51. The van der Waals surface area contributed by atoms with Gasteiger partial charge in [0, 0.05) is 26.2 Å². The molecule has 2 fully saturated rings. The number of hydrogen-bond acceptors (Lipinski definition) is 2. The van der Waals surface area contributed by atoms with Crippen LogP contribution in [0.2, 0.25) is 0 Å². The van der Waals surface area contributed by atoms with Crippen molar-refractivity contribution in [2.45, 2.75) is 25.9 Å². The summed E-state index contributed by atoms with van der Waals surface area (Å²) >= 11 is 0. The topological polar surface area (TPSA) is 32.8 Å². The molecular formula is C10H18N2O2. The molecule has 2 aliphatic rings. The monoisotopic (exact) mass is 198 g/mol. The van der Waals surface area contributed by atoms with Gasteiger partial charge in [0.25, 0.3) is 0 Å². The van der Waals surface area contributed by atoms with Crippen molar-refractivity contribution in [3.63, 3.8) is 0 Å². The Morgan fingerprint density at radius 3 is 2.57 bits per heavy atom. The Balaban J connectivity index is 1.89. The fourth-order valence-corrected chi connectivity index (χ4v) is 2.10. The zero-order valence-corrected chi connectivity index (χ0v) is 8.74. The average molecular weight is 198 g/mol. The molecule has 2 heterocycles. The lowest BCUT2D eigenvalue weighted by atomic mass is 10.3. The van der Waals surface area contributed by atoms with Crippen LogP contribution in [0.1, 0.15) is 19.8 Å². The molecule has 0 aromatic carbocycles. The molecule has 0 N–H and O–H groups in total. The predicted molar refractivity (Wildman–Crippen MR) is 53.2 cm³/mol. The second-order valence-corrected chi connectivity index (χ2v) is 4.10. The third-order valence-electron chi connectivity index (χ3n) is 2.89. The number of morpholine rings is 1. The molecule has 2 saturated heterocycles. The highest BCUT2D eigenvalue weighted by molar-refractivity contribution is 5.74. The molecule has 14 heavy (non-hydrogen) atoms. The first kappa shape index (κ1) is 9.77. The highest BCUT2D eigenvalue weighted by Crippen LogP contribution is 2.13. The van der Waals surface area contributed by atoms with Crippen molar-refractivity contribution < 1.29 is 9.53 Å². The van der Waals surface area contributed by atoms with Crippen LogP contribution >= 0.6 is 0 Å². The van der Waals surface area contributed by atoms with Gasteiger partial charge < -0.3 is 14.5 Å². The fourth-order valence-electron chi connectivity index (χ4n) is 2.10. The Labute approximate surface area is 84.8 Å². The van der Waals surface area contributed by atoms with Crippen LogP contribution in [-0.4, -0.2) is 54.7 Å². The molecule has 80 valence electrons. The number of amides is 2. The fraction of sp³-hybridized carbons (Fsp3) is 0.900. The van der Waals surface area contributed by atoms with Gasteiger partial charge in [0.1, 0.15) is 0 Å².